The lowest BCUT2D eigenvalue weighted by Gasteiger charge is -2.22. The van der Waals surface area contributed by atoms with Gasteiger partial charge in [0.1, 0.15) is 6.17 Å². The van der Waals surface area contributed by atoms with Crippen molar-refractivity contribution < 1.29 is 4.39 Å². The summed E-state index contributed by atoms with van der Waals surface area (Å²) < 4.78 is 13.0. The van der Waals surface area contributed by atoms with Crippen LogP contribution in [0.1, 0.15) is 32.1 Å². The average Bonchev–Trinajstić information content (AvgIpc) is 2.57. The van der Waals surface area contributed by atoms with E-state index in [0.717, 1.165) is 13.0 Å². The maximum atomic E-state index is 13.0. The van der Waals surface area contributed by atoms with E-state index in [9.17, 15) is 4.39 Å². The molecule has 62 valence electrons. The standard InChI is InChI=1S/C9H14FN/c10-7-5-8-1-2-9(3-4-9)11(8)6-7/h7-8H,1-6H2/t7-,8?/m0/s1. The molecule has 3 rings (SSSR count). The van der Waals surface area contributed by atoms with Crippen LogP contribution >= 0.6 is 0 Å². The molecule has 0 aromatic carbocycles. The number of fused-ring (bicyclic) bond motifs is 2. The first kappa shape index (κ1) is 6.41. The first-order valence-electron chi connectivity index (χ1n) is 4.71. The van der Waals surface area contributed by atoms with Crippen molar-refractivity contribution in [1.82, 2.24) is 4.90 Å². The Morgan fingerprint density at radius 2 is 2.09 bits per heavy atom. The molecule has 2 saturated heterocycles. The highest BCUT2D eigenvalue weighted by Crippen LogP contribution is 2.54. The second-order valence-electron chi connectivity index (χ2n) is 4.40. The third kappa shape index (κ3) is 0.738. The Bertz CT molecular complexity index is 188. The van der Waals surface area contributed by atoms with Crippen molar-refractivity contribution in [3.8, 4) is 0 Å². The zero-order valence-electron chi connectivity index (χ0n) is 6.72. The number of hydrogen-bond donors (Lipinski definition) is 0. The Hall–Kier alpha value is -0.110. The molecule has 3 aliphatic rings. The van der Waals surface area contributed by atoms with Crippen LogP contribution in [0.3, 0.4) is 0 Å². The number of rotatable bonds is 0. The SMILES string of the molecule is F[C@H]1CC2CCC3(CC3)N2C1. The average molecular weight is 155 g/mol. The van der Waals surface area contributed by atoms with Gasteiger partial charge in [-0.2, -0.15) is 0 Å². The molecule has 1 unspecified atom stereocenters. The molecule has 2 heteroatoms. The van der Waals surface area contributed by atoms with Gasteiger partial charge in [0.15, 0.2) is 0 Å². The largest absolute Gasteiger partial charge is 0.292 e. The van der Waals surface area contributed by atoms with Crippen LogP contribution in [0.4, 0.5) is 4.39 Å². The molecule has 1 aliphatic carbocycles. The Morgan fingerprint density at radius 1 is 1.27 bits per heavy atom. The Labute approximate surface area is 66.6 Å². The molecular formula is C9H14FN. The van der Waals surface area contributed by atoms with Crippen molar-refractivity contribution in [2.45, 2.75) is 49.9 Å². The van der Waals surface area contributed by atoms with Crippen LogP contribution in [0, 0.1) is 0 Å². The first-order chi connectivity index (χ1) is 5.30. The summed E-state index contributed by atoms with van der Waals surface area (Å²) in [7, 11) is 0. The third-order valence-corrected chi connectivity index (χ3v) is 3.74. The fourth-order valence-electron chi connectivity index (χ4n) is 2.97. The van der Waals surface area contributed by atoms with Crippen LogP contribution in [0.5, 0.6) is 0 Å². The van der Waals surface area contributed by atoms with Gasteiger partial charge in [-0.1, -0.05) is 0 Å². The minimum Gasteiger partial charge on any atom is -0.292 e. The van der Waals surface area contributed by atoms with Crippen molar-refractivity contribution in [3.05, 3.63) is 0 Å². The fourth-order valence-corrected chi connectivity index (χ4v) is 2.97. The predicted molar refractivity (Wildman–Crippen MR) is 41.2 cm³/mol. The zero-order chi connectivity index (χ0) is 7.47. The molecular weight excluding hydrogens is 141 g/mol. The predicted octanol–water partition coefficient (Wildman–Crippen LogP) is 1.73. The van der Waals surface area contributed by atoms with Crippen molar-refractivity contribution in [2.24, 2.45) is 0 Å². The second-order valence-corrected chi connectivity index (χ2v) is 4.40. The van der Waals surface area contributed by atoms with Gasteiger partial charge in [0.05, 0.1) is 0 Å². The number of halogens is 1. The first-order valence-corrected chi connectivity index (χ1v) is 4.71. The molecule has 0 bridgehead atoms. The molecule has 0 aromatic rings. The smallest absolute Gasteiger partial charge is 0.114 e. The highest BCUT2D eigenvalue weighted by atomic mass is 19.1. The molecule has 2 aliphatic heterocycles. The molecule has 1 saturated carbocycles. The Morgan fingerprint density at radius 3 is 2.82 bits per heavy atom. The summed E-state index contributed by atoms with van der Waals surface area (Å²) in [5.41, 5.74) is 0.519. The minimum atomic E-state index is -0.516. The number of hydrogen-bond acceptors (Lipinski definition) is 1. The van der Waals surface area contributed by atoms with Crippen molar-refractivity contribution in [1.29, 1.82) is 0 Å². The normalized spacial score (nSPS) is 46.6. The van der Waals surface area contributed by atoms with Crippen molar-refractivity contribution in [2.75, 3.05) is 6.54 Å². The van der Waals surface area contributed by atoms with E-state index in [1.54, 1.807) is 0 Å². The van der Waals surface area contributed by atoms with Gasteiger partial charge in [-0.15, -0.1) is 0 Å². The summed E-state index contributed by atoms with van der Waals surface area (Å²) >= 11 is 0. The summed E-state index contributed by atoms with van der Waals surface area (Å²) in [4.78, 5) is 2.46. The summed E-state index contributed by atoms with van der Waals surface area (Å²) in [6.07, 6.45) is 5.61. The summed E-state index contributed by atoms with van der Waals surface area (Å²) in [6.45, 7) is 0.741. The van der Waals surface area contributed by atoms with Crippen LogP contribution in [-0.2, 0) is 0 Å². The van der Waals surface area contributed by atoms with E-state index in [0.29, 0.717) is 11.6 Å². The monoisotopic (exact) mass is 155 g/mol. The Kier molecular flexibility index (Phi) is 1.04. The molecule has 11 heavy (non-hydrogen) atoms. The van der Waals surface area contributed by atoms with E-state index in [4.69, 9.17) is 0 Å². The van der Waals surface area contributed by atoms with Gasteiger partial charge < -0.3 is 0 Å². The van der Waals surface area contributed by atoms with Crippen LogP contribution < -0.4 is 0 Å². The maximum Gasteiger partial charge on any atom is 0.114 e. The molecule has 1 nitrogen and oxygen atoms in total. The van der Waals surface area contributed by atoms with Crippen molar-refractivity contribution >= 4 is 0 Å². The number of nitrogens with zero attached hydrogens (tertiary/aromatic N) is 1. The van der Waals surface area contributed by atoms with Gasteiger partial charge >= 0.3 is 0 Å². The maximum absolute atomic E-state index is 13.0. The van der Waals surface area contributed by atoms with E-state index >= 15 is 0 Å². The van der Waals surface area contributed by atoms with Gasteiger partial charge in [0.25, 0.3) is 0 Å². The fraction of sp³-hybridized carbons (Fsp3) is 1.00. The van der Waals surface area contributed by atoms with Gasteiger partial charge in [0, 0.05) is 18.1 Å². The van der Waals surface area contributed by atoms with Gasteiger partial charge in [-0.05, 0) is 32.1 Å². The zero-order valence-corrected chi connectivity index (χ0v) is 6.72. The second kappa shape index (κ2) is 1.79. The topological polar surface area (TPSA) is 3.24 Å². The van der Waals surface area contributed by atoms with Crippen LogP contribution in [0.25, 0.3) is 0 Å². The highest BCUT2D eigenvalue weighted by molar-refractivity contribution is 5.13. The van der Waals surface area contributed by atoms with Crippen LogP contribution in [-0.4, -0.2) is 29.2 Å². The molecule has 2 heterocycles. The van der Waals surface area contributed by atoms with E-state index in [1.165, 1.54) is 25.7 Å². The Balaban J connectivity index is 1.85. The number of alkyl halides is 1. The molecule has 1 spiro atoms. The van der Waals surface area contributed by atoms with Crippen molar-refractivity contribution in [3.63, 3.8) is 0 Å². The lowest BCUT2D eigenvalue weighted by Crippen LogP contribution is -2.33. The van der Waals surface area contributed by atoms with Crippen LogP contribution in [0.2, 0.25) is 0 Å². The summed E-state index contributed by atoms with van der Waals surface area (Å²) in [6, 6.07) is 0.618. The highest BCUT2D eigenvalue weighted by Gasteiger charge is 2.57. The molecule has 2 atom stereocenters. The van der Waals surface area contributed by atoms with Gasteiger partial charge in [0.2, 0.25) is 0 Å². The minimum absolute atomic E-state index is 0.516. The lowest BCUT2D eigenvalue weighted by molar-refractivity contribution is 0.211. The summed E-state index contributed by atoms with van der Waals surface area (Å²) in [5, 5.41) is 0. The molecule has 0 amide bonds. The van der Waals surface area contributed by atoms with E-state index < -0.39 is 6.17 Å². The summed E-state index contributed by atoms with van der Waals surface area (Å²) in [5.74, 6) is 0. The molecule has 0 N–H and O–H groups in total. The molecule has 0 radical (unpaired) electrons. The van der Waals surface area contributed by atoms with E-state index in [2.05, 4.69) is 4.90 Å². The van der Waals surface area contributed by atoms with Gasteiger partial charge in [-0.3, -0.25) is 4.90 Å². The van der Waals surface area contributed by atoms with Crippen LogP contribution in [0.15, 0.2) is 0 Å². The van der Waals surface area contributed by atoms with E-state index in [-0.39, 0.29) is 0 Å². The molecule has 3 fully saturated rings. The lowest BCUT2D eigenvalue weighted by atomic mass is 10.1. The molecule has 0 aromatic heterocycles. The third-order valence-electron chi connectivity index (χ3n) is 3.74. The van der Waals surface area contributed by atoms with E-state index in [1.807, 2.05) is 0 Å². The quantitative estimate of drug-likeness (QED) is 0.515. The van der Waals surface area contributed by atoms with Gasteiger partial charge in [-0.25, -0.2) is 4.39 Å².